The van der Waals surface area contributed by atoms with E-state index < -0.39 is 0 Å². The summed E-state index contributed by atoms with van der Waals surface area (Å²) in [6.45, 7) is 11.0. The molecule has 1 N–H and O–H groups in total. The van der Waals surface area contributed by atoms with E-state index in [1.54, 1.807) is 12.1 Å². The molecule has 0 unspecified atom stereocenters. The summed E-state index contributed by atoms with van der Waals surface area (Å²) >= 11 is 0. The lowest BCUT2D eigenvalue weighted by atomic mass is 9.96. The van der Waals surface area contributed by atoms with Crippen molar-refractivity contribution in [2.45, 2.75) is 52.7 Å². The molecule has 1 aliphatic rings. The average Bonchev–Trinajstić information content (AvgIpc) is 3.39. The number of likely N-dealkylation sites (tertiary alicyclic amines) is 1. The van der Waals surface area contributed by atoms with Gasteiger partial charge in [0.05, 0.1) is 17.7 Å². The summed E-state index contributed by atoms with van der Waals surface area (Å²) in [6.07, 6.45) is 3.84. The Morgan fingerprint density at radius 3 is 2.26 bits per heavy atom. The molecule has 3 aromatic carbocycles. The molecule has 0 spiro atoms. The number of aromatic nitrogens is 2. The van der Waals surface area contributed by atoms with Gasteiger partial charge in [-0.05, 0) is 99.5 Å². The van der Waals surface area contributed by atoms with E-state index >= 15 is 0 Å². The summed E-state index contributed by atoms with van der Waals surface area (Å²) in [6, 6.07) is 17.6. The van der Waals surface area contributed by atoms with E-state index in [4.69, 9.17) is 9.84 Å². The minimum absolute atomic E-state index is 0.0373. The van der Waals surface area contributed by atoms with Crippen molar-refractivity contribution in [1.82, 2.24) is 20.0 Å². The number of aryl methyl sites for hydroxylation is 1. The standard InChI is InChI=1S/C34H39FN4O3/c1-23-29(32(40)36-17-20-42-34(2,3)4)13-14-31-30(23)22-39(37-31)21-24-15-18-38(19-16-24)33(41)27-7-5-25(6-8-27)26-9-11-28(35)12-10-26/h5-14,22,24H,15-21H2,1-4H3,(H,36,40). The molecule has 220 valence electrons. The molecule has 4 aromatic rings. The highest BCUT2D eigenvalue weighted by Gasteiger charge is 2.24. The third-order valence-electron chi connectivity index (χ3n) is 7.83. The van der Waals surface area contributed by atoms with Crippen LogP contribution in [0.3, 0.4) is 0 Å². The quantitative estimate of drug-likeness (QED) is 0.254. The average molecular weight is 571 g/mol. The molecule has 0 atom stereocenters. The van der Waals surface area contributed by atoms with Gasteiger partial charge < -0.3 is 15.0 Å². The number of rotatable bonds is 8. The largest absolute Gasteiger partial charge is 0.374 e. The van der Waals surface area contributed by atoms with Crippen LogP contribution in [0.25, 0.3) is 22.0 Å². The van der Waals surface area contributed by atoms with E-state index in [1.165, 1.54) is 12.1 Å². The molecule has 1 aromatic heterocycles. The number of hydrogen-bond acceptors (Lipinski definition) is 4. The first kappa shape index (κ1) is 29.5. The molecule has 42 heavy (non-hydrogen) atoms. The van der Waals surface area contributed by atoms with E-state index in [9.17, 15) is 14.0 Å². The summed E-state index contributed by atoms with van der Waals surface area (Å²) < 4.78 is 20.9. The topological polar surface area (TPSA) is 76.5 Å². The van der Waals surface area contributed by atoms with Crippen LogP contribution in [0.4, 0.5) is 4.39 Å². The van der Waals surface area contributed by atoms with E-state index in [0.29, 0.717) is 43.3 Å². The van der Waals surface area contributed by atoms with E-state index in [1.807, 2.05) is 79.9 Å². The minimum Gasteiger partial charge on any atom is -0.374 e. The van der Waals surface area contributed by atoms with Crippen molar-refractivity contribution in [3.8, 4) is 11.1 Å². The maximum absolute atomic E-state index is 13.2. The highest BCUT2D eigenvalue weighted by Crippen LogP contribution is 2.26. The van der Waals surface area contributed by atoms with Crippen LogP contribution in [-0.4, -0.2) is 58.3 Å². The van der Waals surface area contributed by atoms with Gasteiger partial charge in [0.1, 0.15) is 5.82 Å². The van der Waals surface area contributed by atoms with E-state index in [0.717, 1.165) is 47.0 Å². The second kappa shape index (κ2) is 12.4. The molecule has 0 bridgehead atoms. The van der Waals surface area contributed by atoms with Gasteiger partial charge >= 0.3 is 0 Å². The lowest BCUT2D eigenvalue weighted by Gasteiger charge is -2.32. The van der Waals surface area contributed by atoms with Gasteiger partial charge in [-0.3, -0.25) is 14.3 Å². The molecule has 1 fully saturated rings. The minimum atomic E-state index is -0.266. The fraction of sp³-hybridized carbons (Fsp3) is 0.382. The number of nitrogens with zero attached hydrogens (tertiary/aromatic N) is 3. The first-order valence-corrected chi connectivity index (χ1v) is 14.6. The maximum atomic E-state index is 13.2. The van der Waals surface area contributed by atoms with Crippen molar-refractivity contribution in [3.63, 3.8) is 0 Å². The number of carbonyl (C=O) groups excluding carboxylic acids is 2. The van der Waals surface area contributed by atoms with Gasteiger partial charge in [0, 0.05) is 48.9 Å². The van der Waals surface area contributed by atoms with Crippen LogP contribution in [0, 0.1) is 18.7 Å². The van der Waals surface area contributed by atoms with Gasteiger partial charge in [-0.2, -0.15) is 5.10 Å². The number of nitrogens with one attached hydrogen (secondary N) is 1. The summed E-state index contributed by atoms with van der Waals surface area (Å²) in [7, 11) is 0. The normalized spacial score (nSPS) is 14.4. The SMILES string of the molecule is Cc1c(C(=O)NCCOC(C)(C)C)ccc2nn(CC3CCN(C(=O)c4ccc(-c5ccc(F)cc5)cc4)CC3)cc12. The Labute approximate surface area is 246 Å². The number of benzene rings is 3. The van der Waals surface area contributed by atoms with Crippen LogP contribution in [-0.2, 0) is 11.3 Å². The molecule has 2 heterocycles. The van der Waals surface area contributed by atoms with Crippen LogP contribution in [0.1, 0.15) is 59.9 Å². The highest BCUT2D eigenvalue weighted by atomic mass is 19.1. The number of fused-ring (bicyclic) bond motifs is 1. The van der Waals surface area contributed by atoms with Crippen LogP contribution < -0.4 is 5.32 Å². The van der Waals surface area contributed by atoms with Gasteiger partial charge in [-0.25, -0.2) is 4.39 Å². The van der Waals surface area contributed by atoms with Crippen LogP contribution in [0.5, 0.6) is 0 Å². The number of ether oxygens (including phenoxy) is 1. The molecule has 8 heteroatoms. The smallest absolute Gasteiger partial charge is 0.253 e. The highest BCUT2D eigenvalue weighted by molar-refractivity contribution is 6.00. The Bertz CT molecular complexity index is 1550. The van der Waals surface area contributed by atoms with Crippen molar-refractivity contribution >= 4 is 22.7 Å². The third kappa shape index (κ3) is 7.05. The molecule has 1 aliphatic heterocycles. The van der Waals surface area contributed by atoms with E-state index in [-0.39, 0.29) is 23.2 Å². The molecular weight excluding hydrogens is 531 g/mol. The zero-order valence-corrected chi connectivity index (χ0v) is 24.8. The van der Waals surface area contributed by atoms with Crippen LogP contribution in [0.15, 0.2) is 66.9 Å². The number of piperidine rings is 1. The molecule has 7 nitrogen and oxygen atoms in total. The van der Waals surface area contributed by atoms with Crippen LogP contribution >= 0.6 is 0 Å². The number of carbonyl (C=O) groups is 2. The van der Waals surface area contributed by atoms with Crippen molar-refractivity contribution in [1.29, 1.82) is 0 Å². The molecule has 0 aliphatic carbocycles. The second-order valence-electron chi connectivity index (χ2n) is 12.1. The van der Waals surface area contributed by atoms with Gasteiger partial charge in [-0.1, -0.05) is 24.3 Å². The molecular formula is C34H39FN4O3. The number of halogens is 1. The zero-order chi connectivity index (χ0) is 29.9. The summed E-state index contributed by atoms with van der Waals surface area (Å²) in [4.78, 5) is 27.9. The zero-order valence-electron chi connectivity index (χ0n) is 24.8. The number of hydrogen-bond donors (Lipinski definition) is 1. The van der Waals surface area contributed by atoms with Crippen molar-refractivity contribution in [2.24, 2.45) is 5.92 Å². The van der Waals surface area contributed by atoms with Crippen molar-refractivity contribution in [2.75, 3.05) is 26.2 Å². The Morgan fingerprint density at radius 2 is 1.62 bits per heavy atom. The van der Waals surface area contributed by atoms with Crippen molar-refractivity contribution < 1.29 is 18.7 Å². The first-order chi connectivity index (χ1) is 20.1. The van der Waals surface area contributed by atoms with Gasteiger partial charge in [0.15, 0.2) is 0 Å². The third-order valence-corrected chi connectivity index (χ3v) is 7.83. The fourth-order valence-corrected chi connectivity index (χ4v) is 5.45. The molecule has 5 rings (SSSR count). The van der Waals surface area contributed by atoms with E-state index in [2.05, 4.69) is 5.32 Å². The first-order valence-electron chi connectivity index (χ1n) is 14.6. The van der Waals surface area contributed by atoms with Gasteiger partial charge in [0.25, 0.3) is 11.8 Å². The molecule has 0 radical (unpaired) electrons. The molecule has 0 saturated carbocycles. The second-order valence-corrected chi connectivity index (χ2v) is 12.1. The predicted molar refractivity (Wildman–Crippen MR) is 163 cm³/mol. The number of amides is 2. The van der Waals surface area contributed by atoms with Crippen molar-refractivity contribution in [3.05, 3.63) is 89.4 Å². The molecule has 1 saturated heterocycles. The lowest BCUT2D eigenvalue weighted by Crippen LogP contribution is -2.39. The monoisotopic (exact) mass is 570 g/mol. The Hall–Kier alpha value is -4.04. The van der Waals surface area contributed by atoms with Gasteiger partial charge in [0.2, 0.25) is 0 Å². The maximum Gasteiger partial charge on any atom is 0.253 e. The fourth-order valence-electron chi connectivity index (χ4n) is 5.45. The summed E-state index contributed by atoms with van der Waals surface area (Å²) in [5.74, 6) is 0.0735. The summed E-state index contributed by atoms with van der Waals surface area (Å²) in [5.41, 5.74) is 4.73. The predicted octanol–water partition coefficient (Wildman–Crippen LogP) is 6.25. The Balaban J connectivity index is 1.15. The van der Waals surface area contributed by atoms with Crippen LogP contribution in [0.2, 0.25) is 0 Å². The Kier molecular flexibility index (Phi) is 8.73. The summed E-state index contributed by atoms with van der Waals surface area (Å²) in [5, 5.41) is 8.70. The molecule has 2 amide bonds. The lowest BCUT2D eigenvalue weighted by molar-refractivity contribution is -0.000659. The van der Waals surface area contributed by atoms with Gasteiger partial charge in [-0.15, -0.1) is 0 Å². The Morgan fingerprint density at radius 1 is 0.976 bits per heavy atom.